The quantitative estimate of drug-likeness (QED) is 0.898. The van der Waals surface area contributed by atoms with Gasteiger partial charge in [0.25, 0.3) is 0 Å². The monoisotopic (exact) mass is 306 g/mol. The number of hydrogen-bond acceptors (Lipinski definition) is 4. The fourth-order valence-electron chi connectivity index (χ4n) is 1.20. The summed E-state index contributed by atoms with van der Waals surface area (Å²) in [6.45, 7) is 0. The normalized spacial score (nSPS) is 10.4. The first-order chi connectivity index (χ1) is 8.47. The Morgan fingerprint density at radius 2 is 2.00 bits per heavy atom. The second kappa shape index (κ2) is 5.09. The predicted molar refractivity (Wildman–Crippen MR) is 68.8 cm³/mol. The van der Waals surface area contributed by atoms with Gasteiger partial charge >= 0.3 is 5.97 Å². The molecule has 0 fully saturated rings. The highest BCUT2D eigenvalue weighted by atomic mass is 35.5. The van der Waals surface area contributed by atoms with Crippen molar-refractivity contribution in [1.29, 1.82) is 0 Å². The first-order valence-corrected chi connectivity index (χ1v) is 6.15. The maximum atomic E-state index is 13.0. The molecule has 0 spiro atoms. The van der Waals surface area contributed by atoms with E-state index in [1.807, 2.05) is 0 Å². The molecule has 0 aliphatic carbocycles. The second-order valence-corrected chi connectivity index (χ2v) is 5.05. The number of aromatic nitrogens is 1. The number of rotatable bonds is 3. The fraction of sp³-hybridized carbons (Fsp3) is 0. The minimum Gasteiger partial charge on any atom is -0.477 e. The number of nitrogens with zero attached hydrogens (tertiary/aromatic N) is 1. The van der Waals surface area contributed by atoms with Crippen LogP contribution in [0.2, 0.25) is 10.0 Å². The number of anilines is 2. The lowest BCUT2D eigenvalue weighted by molar-refractivity contribution is 0.0702. The lowest BCUT2D eigenvalue weighted by Gasteiger charge is -2.07. The van der Waals surface area contributed by atoms with Crippen molar-refractivity contribution in [3.8, 4) is 0 Å². The van der Waals surface area contributed by atoms with Crippen LogP contribution in [0.25, 0.3) is 0 Å². The summed E-state index contributed by atoms with van der Waals surface area (Å²) in [5.74, 6) is -1.63. The van der Waals surface area contributed by atoms with Gasteiger partial charge in [-0.25, -0.2) is 14.2 Å². The smallest absolute Gasteiger partial charge is 0.347 e. The molecule has 0 atom stereocenters. The first kappa shape index (κ1) is 13.1. The minimum atomic E-state index is -1.07. The summed E-state index contributed by atoms with van der Waals surface area (Å²) in [5.41, 5.74) is 0.283. The van der Waals surface area contributed by atoms with Crippen molar-refractivity contribution in [2.45, 2.75) is 0 Å². The average molecular weight is 307 g/mol. The molecule has 2 N–H and O–H groups in total. The highest BCUT2D eigenvalue weighted by molar-refractivity contribution is 7.17. The van der Waals surface area contributed by atoms with Gasteiger partial charge < -0.3 is 10.4 Å². The van der Waals surface area contributed by atoms with E-state index in [9.17, 15) is 9.18 Å². The fourth-order valence-corrected chi connectivity index (χ4v) is 2.41. The van der Waals surface area contributed by atoms with Crippen LogP contribution in [0.4, 0.5) is 15.2 Å². The third kappa shape index (κ3) is 2.72. The summed E-state index contributed by atoms with van der Waals surface area (Å²) in [6, 6.07) is 2.20. The number of thiazole rings is 1. The highest BCUT2D eigenvalue weighted by Gasteiger charge is 2.12. The largest absolute Gasteiger partial charge is 0.477 e. The lowest BCUT2D eigenvalue weighted by Crippen LogP contribution is -1.92. The summed E-state index contributed by atoms with van der Waals surface area (Å²) in [5, 5.41) is 12.0. The molecule has 1 heterocycles. The van der Waals surface area contributed by atoms with Gasteiger partial charge in [0.15, 0.2) is 5.13 Å². The molecule has 0 radical (unpaired) electrons. The maximum absolute atomic E-state index is 13.0. The van der Waals surface area contributed by atoms with E-state index in [0.29, 0.717) is 5.13 Å². The van der Waals surface area contributed by atoms with Crippen molar-refractivity contribution in [3.05, 3.63) is 39.1 Å². The number of carbonyl (C=O) groups is 1. The van der Waals surface area contributed by atoms with E-state index >= 15 is 0 Å². The van der Waals surface area contributed by atoms with Crippen LogP contribution in [0.1, 0.15) is 9.67 Å². The van der Waals surface area contributed by atoms with Crippen molar-refractivity contribution in [1.82, 2.24) is 4.98 Å². The first-order valence-electron chi connectivity index (χ1n) is 4.58. The van der Waals surface area contributed by atoms with Gasteiger partial charge in [0.1, 0.15) is 10.7 Å². The van der Waals surface area contributed by atoms with Crippen molar-refractivity contribution >= 4 is 51.3 Å². The molecular formula is C10H5Cl2FN2O2S. The second-order valence-electron chi connectivity index (χ2n) is 3.20. The number of halogens is 3. The Labute approximate surface area is 115 Å². The van der Waals surface area contributed by atoms with Gasteiger partial charge in [-0.1, -0.05) is 34.5 Å². The van der Waals surface area contributed by atoms with Gasteiger partial charge in [-0.2, -0.15) is 0 Å². The van der Waals surface area contributed by atoms with E-state index in [2.05, 4.69) is 10.3 Å². The molecule has 2 aromatic rings. The van der Waals surface area contributed by atoms with Crippen LogP contribution < -0.4 is 5.32 Å². The molecule has 0 amide bonds. The molecule has 0 aliphatic rings. The highest BCUT2D eigenvalue weighted by Crippen LogP contribution is 2.34. The summed E-state index contributed by atoms with van der Waals surface area (Å²) < 4.78 is 13.0. The zero-order chi connectivity index (χ0) is 13.3. The Hall–Kier alpha value is -1.37. The van der Waals surface area contributed by atoms with Crippen molar-refractivity contribution in [3.63, 3.8) is 0 Å². The zero-order valence-electron chi connectivity index (χ0n) is 8.58. The molecule has 2 rings (SSSR count). The molecular weight excluding hydrogens is 302 g/mol. The number of hydrogen-bond donors (Lipinski definition) is 2. The van der Waals surface area contributed by atoms with Crippen LogP contribution in [0.3, 0.4) is 0 Å². The van der Waals surface area contributed by atoms with Gasteiger partial charge in [0.2, 0.25) is 0 Å². The van der Waals surface area contributed by atoms with Gasteiger partial charge in [0.05, 0.1) is 21.9 Å². The zero-order valence-corrected chi connectivity index (χ0v) is 10.9. The van der Waals surface area contributed by atoms with E-state index in [1.54, 1.807) is 0 Å². The van der Waals surface area contributed by atoms with Crippen molar-refractivity contribution in [2.75, 3.05) is 5.32 Å². The number of carboxylic acids is 1. The number of benzene rings is 1. The third-order valence-corrected chi connectivity index (χ3v) is 3.45. The molecule has 1 aromatic heterocycles. The molecule has 0 bridgehead atoms. The maximum Gasteiger partial charge on any atom is 0.347 e. The Morgan fingerprint density at radius 1 is 1.39 bits per heavy atom. The molecule has 0 aliphatic heterocycles. The summed E-state index contributed by atoms with van der Waals surface area (Å²) in [7, 11) is 0. The minimum absolute atomic E-state index is 0.0758. The summed E-state index contributed by atoms with van der Waals surface area (Å²) in [6.07, 6.45) is 1.21. The topological polar surface area (TPSA) is 62.2 Å². The average Bonchev–Trinajstić information content (AvgIpc) is 2.71. The van der Waals surface area contributed by atoms with Gasteiger partial charge in [0, 0.05) is 0 Å². The summed E-state index contributed by atoms with van der Waals surface area (Å²) in [4.78, 5) is 14.6. The van der Waals surface area contributed by atoms with Crippen LogP contribution in [-0.2, 0) is 0 Å². The lowest BCUT2D eigenvalue weighted by atomic mass is 10.3. The van der Waals surface area contributed by atoms with Crippen LogP contribution >= 0.6 is 34.5 Å². The Morgan fingerprint density at radius 3 is 2.50 bits per heavy atom. The molecule has 4 nitrogen and oxygen atoms in total. The SMILES string of the molecule is O=C(O)c1cnc(Nc2c(Cl)cc(F)cc2Cl)s1. The van der Waals surface area contributed by atoms with Crippen LogP contribution in [0, 0.1) is 5.82 Å². The van der Waals surface area contributed by atoms with Crippen LogP contribution in [-0.4, -0.2) is 16.1 Å². The predicted octanol–water partition coefficient (Wildman–Crippen LogP) is 4.03. The van der Waals surface area contributed by atoms with Gasteiger partial charge in [-0.15, -0.1) is 0 Å². The van der Waals surface area contributed by atoms with E-state index in [1.165, 1.54) is 6.20 Å². The van der Waals surface area contributed by atoms with Crippen molar-refractivity contribution in [2.24, 2.45) is 0 Å². The van der Waals surface area contributed by atoms with E-state index in [0.717, 1.165) is 23.5 Å². The Kier molecular flexibility index (Phi) is 3.70. The number of carboxylic acid groups (broad SMARTS) is 1. The van der Waals surface area contributed by atoms with Crippen LogP contribution in [0.5, 0.6) is 0 Å². The summed E-state index contributed by atoms with van der Waals surface area (Å²) >= 11 is 12.6. The van der Waals surface area contributed by atoms with E-state index in [-0.39, 0.29) is 20.6 Å². The van der Waals surface area contributed by atoms with Gasteiger partial charge in [-0.3, -0.25) is 0 Å². The van der Waals surface area contributed by atoms with E-state index < -0.39 is 11.8 Å². The molecule has 0 saturated carbocycles. The number of nitrogens with one attached hydrogen (secondary N) is 1. The molecule has 1 aromatic carbocycles. The Balaban J connectivity index is 2.31. The van der Waals surface area contributed by atoms with E-state index in [4.69, 9.17) is 28.3 Å². The molecule has 0 unspecified atom stereocenters. The molecule has 8 heteroatoms. The third-order valence-electron chi connectivity index (χ3n) is 1.96. The number of aromatic carboxylic acids is 1. The molecule has 18 heavy (non-hydrogen) atoms. The van der Waals surface area contributed by atoms with Crippen LogP contribution in [0.15, 0.2) is 18.3 Å². The molecule has 94 valence electrons. The standard InChI is InChI=1S/C10H5Cl2FN2O2S/c11-5-1-4(13)2-6(12)8(5)15-10-14-3-7(18-10)9(16)17/h1-3H,(H,14,15)(H,16,17). The van der Waals surface area contributed by atoms with Crippen molar-refractivity contribution < 1.29 is 14.3 Å². The molecule has 0 saturated heterocycles. The van der Waals surface area contributed by atoms with Gasteiger partial charge in [-0.05, 0) is 12.1 Å². The Bertz CT molecular complexity index is 595.